The second kappa shape index (κ2) is 12.4. The standard InChI is InChI=1S/C24H34O2/c1-3-5-19-25-23-15-11-21(12-16-23)9-7-8-10-22-13-17-24(18-14-22)26-20-6-4-2/h11-18H,3-10,19-20H2,1-2H3. The highest BCUT2D eigenvalue weighted by molar-refractivity contribution is 5.28. The maximum atomic E-state index is 5.72. The molecule has 0 unspecified atom stereocenters. The molecular weight excluding hydrogens is 320 g/mol. The monoisotopic (exact) mass is 354 g/mol. The molecule has 0 aromatic heterocycles. The van der Waals surface area contributed by atoms with E-state index in [1.165, 1.54) is 36.8 Å². The van der Waals surface area contributed by atoms with Crippen LogP contribution in [0, 0.1) is 0 Å². The van der Waals surface area contributed by atoms with Crippen molar-refractivity contribution in [3.05, 3.63) is 59.7 Å². The van der Waals surface area contributed by atoms with Crippen molar-refractivity contribution < 1.29 is 9.47 Å². The zero-order chi connectivity index (χ0) is 18.5. The molecule has 2 heteroatoms. The summed E-state index contributed by atoms with van der Waals surface area (Å²) in [5.74, 6) is 1.98. The van der Waals surface area contributed by atoms with Gasteiger partial charge in [-0.3, -0.25) is 0 Å². The molecule has 26 heavy (non-hydrogen) atoms. The molecule has 0 heterocycles. The van der Waals surface area contributed by atoms with Gasteiger partial charge in [0.2, 0.25) is 0 Å². The number of rotatable bonds is 13. The van der Waals surface area contributed by atoms with E-state index in [1.807, 2.05) is 0 Å². The molecule has 2 aromatic rings. The molecule has 0 radical (unpaired) electrons. The van der Waals surface area contributed by atoms with Crippen molar-refractivity contribution in [2.75, 3.05) is 13.2 Å². The van der Waals surface area contributed by atoms with Crippen LogP contribution in [0.25, 0.3) is 0 Å². The first-order chi connectivity index (χ1) is 12.8. The summed E-state index contributed by atoms with van der Waals surface area (Å²) < 4.78 is 11.4. The summed E-state index contributed by atoms with van der Waals surface area (Å²) in [4.78, 5) is 0. The first-order valence-corrected chi connectivity index (χ1v) is 10.2. The van der Waals surface area contributed by atoms with E-state index in [9.17, 15) is 0 Å². The molecule has 2 rings (SSSR count). The van der Waals surface area contributed by atoms with Gasteiger partial charge in [-0.1, -0.05) is 51.0 Å². The van der Waals surface area contributed by atoms with Crippen LogP contribution in [0.4, 0.5) is 0 Å². The maximum absolute atomic E-state index is 5.72. The third-order valence-electron chi connectivity index (χ3n) is 4.56. The van der Waals surface area contributed by atoms with Crippen LogP contribution in [0.5, 0.6) is 11.5 Å². The first-order valence-electron chi connectivity index (χ1n) is 10.2. The molecule has 0 amide bonds. The van der Waals surface area contributed by atoms with Crippen LogP contribution in [0.2, 0.25) is 0 Å². The van der Waals surface area contributed by atoms with Gasteiger partial charge in [-0.25, -0.2) is 0 Å². The highest BCUT2D eigenvalue weighted by atomic mass is 16.5. The third kappa shape index (κ3) is 7.95. The minimum Gasteiger partial charge on any atom is -0.494 e. The zero-order valence-corrected chi connectivity index (χ0v) is 16.5. The van der Waals surface area contributed by atoms with Crippen LogP contribution in [-0.4, -0.2) is 13.2 Å². The average molecular weight is 355 g/mol. The predicted octanol–water partition coefficient (Wildman–Crippen LogP) is 6.61. The van der Waals surface area contributed by atoms with Gasteiger partial charge in [-0.15, -0.1) is 0 Å². The lowest BCUT2D eigenvalue weighted by Gasteiger charge is -2.08. The fourth-order valence-corrected chi connectivity index (χ4v) is 2.83. The van der Waals surface area contributed by atoms with Crippen molar-refractivity contribution in [1.29, 1.82) is 0 Å². The van der Waals surface area contributed by atoms with E-state index < -0.39 is 0 Å². The highest BCUT2D eigenvalue weighted by Gasteiger charge is 1.99. The molecule has 2 aromatic carbocycles. The SMILES string of the molecule is CCCCOc1ccc(CCCCc2ccc(OCCCC)cc2)cc1. The second-order valence-electron chi connectivity index (χ2n) is 6.90. The van der Waals surface area contributed by atoms with Crippen molar-refractivity contribution >= 4 is 0 Å². The van der Waals surface area contributed by atoms with Gasteiger partial charge in [0, 0.05) is 0 Å². The predicted molar refractivity (Wildman–Crippen MR) is 110 cm³/mol. The molecule has 0 aliphatic carbocycles. The molecule has 2 nitrogen and oxygen atoms in total. The number of aryl methyl sites for hydroxylation is 2. The fourth-order valence-electron chi connectivity index (χ4n) is 2.83. The zero-order valence-electron chi connectivity index (χ0n) is 16.5. The van der Waals surface area contributed by atoms with Crippen LogP contribution in [0.1, 0.15) is 63.5 Å². The van der Waals surface area contributed by atoms with Crippen molar-refractivity contribution in [2.24, 2.45) is 0 Å². The summed E-state index contributed by atoms with van der Waals surface area (Å²) in [7, 11) is 0. The minimum absolute atomic E-state index is 0.818. The molecule has 0 N–H and O–H groups in total. The Morgan fingerprint density at radius 2 is 0.923 bits per heavy atom. The summed E-state index contributed by atoms with van der Waals surface area (Å²) >= 11 is 0. The molecule has 0 bridgehead atoms. The van der Waals surface area contributed by atoms with E-state index in [0.717, 1.165) is 50.4 Å². The van der Waals surface area contributed by atoms with Crippen LogP contribution >= 0.6 is 0 Å². The van der Waals surface area contributed by atoms with Gasteiger partial charge in [-0.2, -0.15) is 0 Å². The largest absolute Gasteiger partial charge is 0.494 e. The Bertz CT molecular complexity index is 531. The Labute approximate surface area is 159 Å². The van der Waals surface area contributed by atoms with Gasteiger partial charge in [0.05, 0.1) is 13.2 Å². The van der Waals surface area contributed by atoms with Gasteiger partial charge < -0.3 is 9.47 Å². The summed E-state index contributed by atoms with van der Waals surface area (Å²) in [6.07, 6.45) is 9.27. The van der Waals surface area contributed by atoms with E-state index >= 15 is 0 Å². The van der Waals surface area contributed by atoms with Crippen molar-refractivity contribution in [3.63, 3.8) is 0 Å². The second-order valence-corrected chi connectivity index (χ2v) is 6.90. The lowest BCUT2D eigenvalue weighted by Crippen LogP contribution is -1.97. The molecule has 0 fully saturated rings. The van der Waals surface area contributed by atoms with E-state index in [2.05, 4.69) is 62.4 Å². The Morgan fingerprint density at radius 3 is 1.27 bits per heavy atom. The number of hydrogen-bond donors (Lipinski definition) is 0. The number of benzene rings is 2. The van der Waals surface area contributed by atoms with Crippen LogP contribution in [-0.2, 0) is 12.8 Å². The number of hydrogen-bond acceptors (Lipinski definition) is 2. The molecule has 0 spiro atoms. The molecule has 0 aliphatic heterocycles. The molecule has 142 valence electrons. The van der Waals surface area contributed by atoms with E-state index in [0.29, 0.717) is 0 Å². The Hall–Kier alpha value is -1.96. The quantitative estimate of drug-likeness (QED) is 0.377. The first kappa shape index (κ1) is 20.4. The summed E-state index contributed by atoms with van der Waals surface area (Å²) in [6.45, 7) is 6.00. The van der Waals surface area contributed by atoms with Crippen LogP contribution in [0.15, 0.2) is 48.5 Å². The van der Waals surface area contributed by atoms with Gasteiger partial charge in [-0.05, 0) is 73.9 Å². The van der Waals surface area contributed by atoms with Gasteiger partial charge >= 0.3 is 0 Å². The van der Waals surface area contributed by atoms with E-state index in [4.69, 9.17) is 9.47 Å². The topological polar surface area (TPSA) is 18.5 Å². The number of unbranched alkanes of at least 4 members (excludes halogenated alkanes) is 3. The summed E-state index contributed by atoms with van der Waals surface area (Å²) in [5.41, 5.74) is 2.79. The lowest BCUT2D eigenvalue weighted by molar-refractivity contribution is 0.309. The Morgan fingerprint density at radius 1 is 0.538 bits per heavy atom. The van der Waals surface area contributed by atoms with E-state index in [1.54, 1.807) is 0 Å². The summed E-state index contributed by atoms with van der Waals surface area (Å²) in [6, 6.07) is 17.2. The molecule has 0 saturated carbocycles. The minimum atomic E-state index is 0.818. The Kier molecular flexibility index (Phi) is 9.71. The smallest absolute Gasteiger partial charge is 0.119 e. The summed E-state index contributed by atoms with van der Waals surface area (Å²) in [5, 5.41) is 0. The van der Waals surface area contributed by atoms with Crippen molar-refractivity contribution in [1.82, 2.24) is 0 Å². The normalized spacial score (nSPS) is 10.7. The number of ether oxygens (including phenoxy) is 2. The van der Waals surface area contributed by atoms with Crippen molar-refractivity contribution in [3.8, 4) is 11.5 Å². The van der Waals surface area contributed by atoms with Gasteiger partial charge in [0.15, 0.2) is 0 Å². The van der Waals surface area contributed by atoms with Crippen molar-refractivity contribution in [2.45, 2.75) is 65.2 Å². The van der Waals surface area contributed by atoms with E-state index in [-0.39, 0.29) is 0 Å². The van der Waals surface area contributed by atoms with Gasteiger partial charge in [0.25, 0.3) is 0 Å². The molecule has 0 atom stereocenters. The molecular formula is C24H34O2. The molecule has 0 aliphatic rings. The Balaban J connectivity index is 1.63. The van der Waals surface area contributed by atoms with Crippen LogP contribution in [0.3, 0.4) is 0 Å². The fraction of sp³-hybridized carbons (Fsp3) is 0.500. The van der Waals surface area contributed by atoms with Gasteiger partial charge in [0.1, 0.15) is 11.5 Å². The highest BCUT2D eigenvalue weighted by Crippen LogP contribution is 2.17. The lowest BCUT2D eigenvalue weighted by atomic mass is 10.0. The third-order valence-corrected chi connectivity index (χ3v) is 4.56. The average Bonchev–Trinajstić information content (AvgIpc) is 2.68. The van der Waals surface area contributed by atoms with Crippen LogP contribution < -0.4 is 9.47 Å². The molecule has 0 saturated heterocycles. The maximum Gasteiger partial charge on any atom is 0.119 e.